The highest BCUT2D eigenvalue weighted by atomic mass is 32.1. The van der Waals surface area contributed by atoms with Crippen molar-refractivity contribution in [3.8, 4) is 0 Å². The lowest BCUT2D eigenvalue weighted by Gasteiger charge is -2.35. The number of aliphatic carboxylic acids is 1. The number of piperazine rings is 1. The Kier molecular flexibility index (Phi) is 4.97. The highest BCUT2D eigenvalue weighted by Gasteiger charge is 2.24. The molecule has 1 fully saturated rings. The van der Waals surface area contributed by atoms with Crippen LogP contribution in [0.15, 0.2) is 16.8 Å². The van der Waals surface area contributed by atoms with Crippen molar-refractivity contribution < 1.29 is 14.7 Å². The van der Waals surface area contributed by atoms with E-state index in [0.717, 1.165) is 5.56 Å². The van der Waals surface area contributed by atoms with Crippen molar-refractivity contribution in [3.05, 3.63) is 22.4 Å². The molecule has 0 atom stereocenters. The number of urea groups is 1. The molecule has 0 bridgehead atoms. The molecule has 1 saturated heterocycles. The predicted octanol–water partition coefficient (Wildman–Crippen LogP) is 1.00. The van der Waals surface area contributed by atoms with Crippen LogP contribution in [0.1, 0.15) is 5.56 Å². The quantitative estimate of drug-likeness (QED) is 0.900. The highest BCUT2D eigenvalue weighted by Crippen LogP contribution is 2.11. The number of nitrogens with zero attached hydrogens (tertiary/aromatic N) is 3. The van der Waals surface area contributed by atoms with Gasteiger partial charge in [-0.05, 0) is 22.4 Å². The molecule has 6 nitrogen and oxygen atoms in total. The summed E-state index contributed by atoms with van der Waals surface area (Å²) in [4.78, 5) is 28.3. The monoisotopic (exact) mass is 297 g/mol. The van der Waals surface area contributed by atoms with E-state index in [4.69, 9.17) is 5.11 Å². The van der Waals surface area contributed by atoms with Gasteiger partial charge in [0.2, 0.25) is 0 Å². The molecule has 1 aromatic rings. The number of hydrogen-bond acceptors (Lipinski definition) is 4. The minimum atomic E-state index is -0.820. The fraction of sp³-hybridized carbons (Fsp3) is 0.538. The van der Waals surface area contributed by atoms with Crippen LogP contribution in [0.25, 0.3) is 0 Å². The van der Waals surface area contributed by atoms with Gasteiger partial charge in [-0.3, -0.25) is 9.69 Å². The highest BCUT2D eigenvalue weighted by molar-refractivity contribution is 7.07. The molecule has 1 aliphatic heterocycles. The number of carbonyl (C=O) groups excluding carboxylic acids is 1. The first-order valence-corrected chi connectivity index (χ1v) is 7.46. The number of hydrogen-bond donors (Lipinski definition) is 1. The molecule has 0 unspecified atom stereocenters. The van der Waals surface area contributed by atoms with Gasteiger partial charge in [-0.15, -0.1) is 0 Å². The third kappa shape index (κ3) is 3.94. The van der Waals surface area contributed by atoms with Gasteiger partial charge < -0.3 is 14.9 Å². The molecule has 110 valence electrons. The van der Waals surface area contributed by atoms with Gasteiger partial charge >= 0.3 is 12.0 Å². The fourth-order valence-electron chi connectivity index (χ4n) is 2.25. The summed E-state index contributed by atoms with van der Waals surface area (Å²) < 4.78 is 0. The molecule has 0 radical (unpaired) electrons. The minimum Gasteiger partial charge on any atom is -0.480 e. The van der Waals surface area contributed by atoms with E-state index in [9.17, 15) is 9.59 Å². The molecule has 0 spiro atoms. The molecular formula is C13H19N3O3S. The van der Waals surface area contributed by atoms with Crippen LogP contribution in [-0.4, -0.2) is 71.6 Å². The number of rotatable bonds is 4. The van der Waals surface area contributed by atoms with Crippen LogP contribution in [0.2, 0.25) is 0 Å². The molecule has 2 heterocycles. The van der Waals surface area contributed by atoms with E-state index in [1.807, 2.05) is 21.7 Å². The zero-order valence-corrected chi connectivity index (χ0v) is 12.3. The normalized spacial score (nSPS) is 16.1. The van der Waals surface area contributed by atoms with E-state index in [2.05, 4.69) is 0 Å². The van der Waals surface area contributed by atoms with Gasteiger partial charge in [0.25, 0.3) is 0 Å². The first-order chi connectivity index (χ1) is 9.56. The second-order valence-corrected chi connectivity index (χ2v) is 5.71. The van der Waals surface area contributed by atoms with Crippen LogP contribution in [0, 0.1) is 0 Å². The molecule has 7 heteroatoms. The summed E-state index contributed by atoms with van der Waals surface area (Å²) in [6.45, 7) is 3.05. The van der Waals surface area contributed by atoms with Crippen molar-refractivity contribution in [2.45, 2.75) is 6.54 Å². The van der Waals surface area contributed by atoms with Crippen LogP contribution in [0.3, 0.4) is 0 Å². The molecule has 0 aromatic carbocycles. The van der Waals surface area contributed by atoms with Gasteiger partial charge in [0, 0.05) is 39.8 Å². The van der Waals surface area contributed by atoms with E-state index in [0.29, 0.717) is 32.7 Å². The molecule has 1 aliphatic rings. The summed E-state index contributed by atoms with van der Waals surface area (Å²) in [5.41, 5.74) is 1.13. The topological polar surface area (TPSA) is 64.1 Å². The minimum absolute atomic E-state index is 0.00572. The van der Waals surface area contributed by atoms with Gasteiger partial charge in [-0.1, -0.05) is 0 Å². The molecule has 20 heavy (non-hydrogen) atoms. The van der Waals surface area contributed by atoms with Gasteiger partial charge in [0.15, 0.2) is 0 Å². The summed E-state index contributed by atoms with van der Waals surface area (Å²) in [6.07, 6.45) is 0. The first kappa shape index (κ1) is 14.8. The second kappa shape index (κ2) is 6.71. The van der Waals surface area contributed by atoms with Crippen LogP contribution in [0.4, 0.5) is 4.79 Å². The van der Waals surface area contributed by atoms with Crippen LogP contribution < -0.4 is 0 Å². The van der Waals surface area contributed by atoms with Gasteiger partial charge in [0.1, 0.15) is 0 Å². The Balaban J connectivity index is 1.80. The predicted molar refractivity (Wildman–Crippen MR) is 76.8 cm³/mol. The van der Waals surface area contributed by atoms with Crippen molar-refractivity contribution in [3.63, 3.8) is 0 Å². The Labute approximate surface area is 122 Å². The van der Waals surface area contributed by atoms with E-state index in [1.165, 1.54) is 0 Å². The fourth-order valence-corrected chi connectivity index (χ4v) is 2.91. The number of thiophene rings is 1. The van der Waals surface area contributed by atoms with Crippen molar-refractivity contribution in [1.82, 2.24) is 14.7 Å². The SMILES string of the molecule is CN(Cc1ccsc1)C(=O)N1CCN(CC(=O)O)CC1. The summed E-state index contributed by atoms with van der Waals surface area (Å²) in [6, 6.07) is 2.02. The molecular weight excluding hydrogens is 278 g/mol. The van der Waals surface area contributed by atoms with Gasteiger partial charge in [-0.2, -0.15) is 11.3 Å². The summed E-state index contributed by atoms with van der Waals surface area (Å²) in [5.74, 6) is -0.820. The van der Waals surface area contributed by atoms with Crippen molar-refractivity contribution >= 4 is 23.3 Å². The summed E-state index contributed by atoms with van der Waals surface area (Å²) in [7, 11) is 1.80. The standard InChI is InChI=1S/C13H19N3O3S/c1-14(8-11-2-7-20-10-11)13(19)16-5-3-15(4-6-16)9-12(17)18/h2,7,10H,3-6,8-9H2,1H3,(H,17,18). The second-order valence-electron chi connectivity index (χ2n) is 4.93. The Bertz CT molecular complexity index is 455. The summed E-state index contributed by atoms with van der Waals surface area (Å²) in [5, 5.41) is 12.8. The number of carbonyl (C=O) groups is 2. The lowest BCUT2D eigenvalue weighted by Crippen LogP contribution is -2.52. The Hall–Kier alpha value is -1.60. The van der Waals surface area contributed by atoms with Crippen LogP contribution >= 0.6 is 11.3 Å². The lowest BCUT2D eigenvalue weighted by molar-refractivity contribution is -0.138. The Morgan fingerprint density at radius 2 is 2.05 bits per heavy atom. The van der Waals surface area contributed by atoms with Crippen LogP contribution in [-0.2, 0) is 11.3 Å². The summed E-state index contributed by atoms with van der Waals surface area (Å²) >= 11 is 1.62. The van der Waals surface area contributed by atoms with Crippen molar-refractivity contribution in [1.29, 1.82) is 0 Å². The zero-order valence-electron chi connectivity index (χ0n) is 11.5. The van der Waals surface area contributed by atoms with E-state index in [-0.39, 0.29) is 12.6 Å². The smallest absolute Gasteiger partial charge is 0.320 e. The van der Waals surface area contributed by atoms with Gasteiger partial charge in [-0.25, -0.2) is 4.79 Å². The van der Waals surface area contributed by atoms with E-state index >= 15 is 0 Å². The Morgan fingerprint density at radius 1 is 1.35 bits per heavy atom. The molecule has 0 saturated carbocycles. The van der Waals surface area contributed by atoms with E-state index < -0.39 is 5.97 Å². The maximum atomic E-state index is 12.3. The van der Waals surface area contributed by atoms with Crippen molar-refractivity contribution in [2.75, 3.05) is 39.8 Å². The zero-order chi connectivity index (χ0) is 14.5. The molecule has 0 aliphatic carbocycles. The third-order valence-electron chi connectivity index (χ3n) is 3.33. The number of carboxylic acid groups (broad SMARTS) is 1. The molecule has 1 aromatic heterocycles. The van der Waals surface area contributed by atoms with Crippen LogP contribution in [0.5, 0.6) is 0 Å². The van der Waals surface area contributed by atoms with Crippen molar-refractivity contribution in [2.24, 2.45) is 0 Å². The van der Waals surface area contributed by atoms with Gasteiger partial charge in [0.05, 0.1) is 6.54 Å². The lowest BCUT2D eigenvalue weighted by atomic mass is 10.3. The number of amides is 2. The molecule has 1 N–H and O–H groups in total. The Morgan fingerprint density at radius 3 is 2.60 bits per heavy atom. The third-order valence-corrected chi connectivity index (χ3v) is 4.06. The maximum absolute atomic E-state index is 12.3. The average Bonchev–Trinajstić information content (AvgIpc) is 2.91. The molecule has 2 rings (SSSR count). The maximum Gasteiger partial charge on any atom is 0.320 e. The molecule has 2 amide bonds. The average molecular weight is 297 g/mol. The van der Waals surface area contributed by atoms with E-state index in [1.54, 1.807) is 28.2 Å². The first-order valence-electron chi connectivity index (χ1n) is 6.51. The number of carboxylic acids is 1. The largest absolute Gasteiger partial charge is 0.480 e.